The molecule has 0 aromatic carbocycles. The molecule has 2 nitrogen and oxygen atoms in total. The van der Waals surface area contributed by atoms with E-state index in [2.05, 4.69) is 6.58 Å². The van der Waals surface area contributed by atoms with E-state index in [4.69, 9.17) is 4.74 Å². The first-order valence-corrected chi connectivity index (χ1v) is 4.06. The second-order valence-corrected chi connectivity index (χ2v) is 2.87. The van der Waals surface area contributed by atoms with Crippen molar-refractivity contribution in [2.24, 2.45) is 5.92 Å². The third-order valence-corrected chi connectivity index (χ3v) is 1.74. The molecule has 2 heteroatoms. The van der Waals surface area contributed by atoms with Crippen LogP contribution in [0.5, 0.6) is 0 Å². The Bertz CT molecular complexity index is 148. The average Bonchev–Trinajstić information content (AvgIpc) is 2.79. The van der Waals surface area contributed by atoms with Gasteiger partial charge in [0.2, 0.25) is 0 Å². The number of hydrogen-bond donors (Lipinski definition) is 0. The Hall–Kier alpha value is -0.630. The van der Waals surface area contributed by atoms with Crippen molar-refractivity contribution in [2.75, 3.05) is 13.2 Å². The first-order valence-electron chi connectivity index (χ1n) is 4.06. The summed E-state index contributed by atoms with van der Waals surface area (Å²) in [6.45, 7) is 4.49. The quantitative estimate of drug-likeness (QED) is 0.428. The summed E-state index contributed by atoms with van der Waals surface area (Å²) in [4.78, 5) is 11.0. The summed E-state index contributed by atoms with van der Waals surface area (Å²) in [6.07, 6.45) is 4.77. The molecule has 1 aliphatic carbocycles. The molecule has 0 aromatic heterocycles. The number of ether oxygens (including phenoxy) is 1. The number of hydrogen-bond acceptors (Lipinski definition) is 2. The normalized spacial score (nSPS) is 16.4. The molecule has 1 fully saturated rings. The van der Waals surface area contributed by atoms with Crippen LogP contribution in [-0.2, 0) is 9.53 Å². The van der Waals surface area contributed by atoms with E-state index in [0.29, 0.717) is 19.1 Å². The van der Waals surface area contributed by atoms with Gasteiger partial charge in [0.1, 0.15) is 6.61 Å². The van der Waals surface area contributed by atoms with E-state index >= 15 is 0 Å². The maximum atomic E-state index is 11.0. The summed E-state index contributed by atoms with van der Waals surface area (Å²) < 4.78 is 5.12. The number of Topliss-reactive ketones (excluding diaryl/α,β-unsaturated/α-hetero) is 1. The number of carbonyl (C=O) groups is 1. The minimum absolute atomic E-state index is 0.272. The topological polar surface area (TPSA) is 26.3 Å². The Balaban J connectivity index is 1.93. The van der Waals surface area contributed by atoms with Crippen LogP contribution in [0.2, 0.25) is 0 Å². The molecular weight excluding hydrogens is 140 g/mol. The van der Waals surface area contributed by atoms with Gasteiger partial charge in [0.05, 0.1) is 6.61 Å². The van der Waals surface area contributed by atoms with Crippen LogP contribution >= 0.6 is 0 Å². The van der Waals surface area contributed by atoms with Gasteiger partial charge in [-0.25, -0.2) is 0 Å². The van der Waals surface area contributed by atoms with Crippen molar-refractivity contribution in [3.8, 4) is 0 Å². The lowest BCUT2D eigenvalue weighted by Crippen LogP contribution is -2.10. The molecule has 0 atom stereocenters. The molecule has 0 amide bonds. The van der Waals surface area contributed by atoms with E-state index < -0.39 is 0 Å². The van der Waals surface area contributed by atoms with Gasteiger partial charge < -0.3 is 4.74 Å². The fourth-order valence-electron chi connectivity index (χ4n) is 0.863. The van der Waals surface area contributed by atoms with Crippen LogP contribution in [0.4, 0.5) is 0 Å². The van der Waals surface area contributed by atoms with E-state index in [1.165, 1.54) is 0 Å². The Kier molecular flexibility index (Phi) is 3.30. The standard InChI is InChI=1S/C9H14O2/c1-2-3-6-11-7-9(10)8-4-5-8/h2,8H,1,3-7H2. The summed E-state index contributed by atoms with van der Waals surface area (Å²) in [6, 6.07) is 0. The third-order valence-electron chi connectivity index (χ3n) is 1.74. The highest BCUT2D eigenvalue weighted by atomic mass is 16.5. The van der Waals surface area contributed by atoms with Gasteiger partial charge in [-0.05, 0) is 19.3 Å². The van der Waals surface area contributed by atoms with Crippen LogP contribution in [0.15, 0.2) is 12.7 Å². The summed E-state index contributed by atoms with van der Waals surface area (Å²) in [5, 5.41) is 0. The van der Waals surface area contributed by atoms with Crippen LogP contribution in [0, 0.1) is 5.92 Å². The van der Waals surface area contributed by atoms with Gasteiger partial charge in [0.15, 0.2) is 5.78 Å². The number of carbonyl (C=O) groups excluding carboxylic acids is 1. The molecule has 1 aliphatic rings. The van der Waals surface area contributed by atoms with E-state index in [0.717, 1.165) is 19.3 Å². The zero-order valence-corrected chi connectivity index (χ0v) is 6.71. The second-order valence-electron chi connectivity index (χ2n) is 2.87. The van der Waals surface area contributed by atoms with Gasteiger partial charge in [0.25, 0.3) is 0 Å². The highest BCUT2D eigenvalue weighted by Gasteiger charge is 2.28. The molecule has 0 heterocycles. The molecule has 0 spiro atoms. The molecule has 1 rings (SSSR count). The molecule has 0 N–H and O–H groups in total. The minimum atomic E-state index is 0.272. The van der Waals surface area contributed by atoms with Crippen LogP contribution in [0.25, 0.3) is 0 Å². The average molecular weight is 154 g/mol. The Morgan fingerprint density at radius 3 is 2.91 bits per heavy atom. The maximum absolute atomic E-state index is 11.0. The fourth-order valence-corrected chi connectivity index (χ4v) is 0.863. The Labute approximate surface area is 67.2 Å². The largest absolute Gasteiger partial charge is 0.373 e. The van der Waals surface area contributed by atoms with Gasteiger partial charge in [-0.3, -0.25) is 4.79 Å². The molecule has 11 heavy (non-hydrogen) atoms. The van der Waals surface area contributed by atoms with Crippen LogP contribution in [0.1, 0.15) is 19.3 Å². The van der Waals surface area contributed by atoms with E-state index in [-0.39, 0.29) is 5.78 Å². The highest BCUT2D eigenvalue weighted by Crippen LogP contribution is 2.29. The minimum Gasteiger partial charge on any atom is -0.373 e. The molecule has 0 saturated heterocycles. The van der Waals surface area contributed by atoms with E-state index in [1.54, 1.807) is 6.08 Å². The van der Waals surface area contributed by atoms with Crippen molar-refractivity contribution in [2.45, 2.75) is 19.3 Å². The maximum Gasteiger partial charge on any atom is 0.161 e. The van der Waals surface area contributed by atoms with Crippen LogP contribution in [0.3, 0.4) is 0 Å². The predicted octanol–water partition coefficient (Wildman–Crippen LogP) is 1.56. The smallest absolute Gasteiger partial charge is 0.161 e. The van der Waals surface area contributed by atoms with E-state index in [1.807, 2.05) is 0 Å². The van der Waals surface area contributed by atoms with Gasteiger partial charge in [-0.1, -0.05) is 6.08 Å². The van der Waals surface area contributed by atoms with Gasteiger partial charge in [-0.15, -0.1) is 6.58 Å². The second kappa shape index (κ2) is 4.29. The summed E-state index contributed by atoms with van der Waals surface area (Å²) in [5.41, 5.74) is 0. The van der Waals surface area contributed by atoms with Crippen molar-refractivity contribution < 1.29 is 9.53 Å². The lowest BCUT2D eigenvalue weighted by atomic mass is 10.3. The molecule has 0 unspecified atom stereocenters. The zero-order chi connectivity index (χ0) is 8.10. The third kappa shape index (κ3) is 3.33. The first-order chi connectivity index (χ1) is 5.34. The molecule has 1 saturated carbocycles. The lowest BCUT2D eigenvalue weighted by molar-refractivity contribution is -0.124. The van der Waals surface area contributed by atoms with Crippen molar-refractivity contribution in [3.05, 3.63) is 12.7 Å². The van der Waals surface area contributed by atoms with Gasteiger partial charge in [-0.2, -0.15) is 0 Å². The summed E-state index contributed by atoms with van der Waals surface area (Å²) in [5.74, 6) is 0.604. The predicted molar refractivity (Wildman–Crippen MR) is 43.4 cm³/mol. The van der Waals surface area contributed by atoms with Crippen molar-refractivity contribution in [3.63, 3.8) is 0 Å². The summed E-state index contributed by atoms with van der Waals surface area (Å²) >= 11 is 0. The SMILES string of the molecule is C=CCCOCC(=O)C1CC1. The Morgan fingerprint density at radius 2 is 2.36 bits per heavy atom. The number of rotatable bonds is 6. The zero-order valence-electron chi connectivity index (χ0n) is 6.71. The van der Waals surface area contributed by atoms with Crippen molar-refractivity contribution in [1.82, 2.24) is 0 Å². The lowest BCUT2D eigenvalue weighted by Gasteiger charge is -1.99. The first kappa shape index (κ1) is 8.47. The summed E-state index contributed by atoms with van der Waals surface area (Å²) in [7, 11) is 0. The molecule has 0 radical (unpaired) electrons. The fraction of sp³-hybridized carbons (Fsp3) is 0.667. The monoisotopic (exact) mass is 154 g/mol. The van der Waals surface area contributed by atoms with Gasteiger partial charge >= 0.3 is 0 Å². The molecule has 0 bridgehead atoms. The van der Waals surface area contributed by atoms with Crippen molar-refractivity contribution in [1.29, 1.82) is 0 Å². The van der Waals surface area contributed by atoms with Gasteiger partial charge in [0, 0.05) is 5.92 Å². The molecule has 62 valence electrons. The highest BCUT2D eigenvalue weighted by molar-refractivity contribution is 5.84. The molecular formula is C9H14O2. The van der Waals surface area contributed by atoms with Crippen LogP contribution in [-0.4, -0.2) is 19.0 Å². The van der Waals surface area contributed by atoms with E-state index in [9.17, 15) is 4.79 Å². The van der Waals surface area contributed by atoms with Crippen molar-refractivity contribution >= 4 is 5.78 Å². The number of ketones is 1. The molecule has 0 aromatic rings. The van der Waals surface area contributed by atoms with Crippen LogP contribution < -0.4 is 0 Å². The molecule has 0 aliphatic heterocycles. The Morgan fingerprint density at radius 1 is 1.64 bits per heavy atom.